The Morgan fingerprint density at radius 1 is 1.50 bits per heavy atom. The molecule has 2 rings (SSSR count). The predicted octanol–water partition coefficient (Wildman–Crippen LogP) is -1.41. The molecule has 1 aromatic heterocycles. The lowest BCUT2D eigenvalue weighted by Gasteiger charge is -2.18. The van der Waals surface area contributed by atoms with E-state index >= 15 is 0 Å². The highest BCUT2D eigenvalue weighted by Crippen LogP contribution is 2.20. The number of hydrogen-bond acceptors (Lipinski definition) is 4. The van der Waals surface area contributed by atoms with E-state index in [0.29, 0.717) is 13.0 Å². The van der Waals surface area contributed by atoms with E-state index in [4.69, 9.17) is 0 Å². The average Bonchev–Trinajstić information content (AvgIpc) is 2.57. The third-order valence-electron chi connectivity index (χ3n) is 2.96. The maximum Gasteiger partial charge on any atom is 0.325 e. The summed E-state index contributed by atoms with van der Waals surface area (Å²) in [6.45, 7) is 2.44. The van der Waals surface area contributed by atoms with Gasteiger partial charge in [-0.15, -0.1) is 0 Å². The monoisotopic (exact) mass is 253 g/mol. The minimum absolute atomic E-state index is 0.0464. The Kier molecular flexibility index (Phi) is 3.08. The van der Waals surface area contributed by atoms with Gasteiger partial charge in [0, 0.05) is 24.8 Å². The van der Waals surface area contributed by atoms with Gasteiger partial charge >= 0.3 is 5.69 Å². The molecular weight excluding hydrogens is 238 g/mol. The zero-order chi connectivity index (χ0) is 13.3. The zero-order valence-corrected chi connectivity index (χ0v) is 10.0. The lowest BCUT2D eigenvalue weighted by Crippen LogP contribution is -2.35. The summed E-state index contributed by atoms with van der Waals surface area (Å²) in [5.41, 5.74) is -1.73. The molecule has 1 saturated heterocycles. The van der Waals surface area contributed by atoms with Crippen LogP contribution in [-0.4, -0.2) is 44.6 Å². The number of aromatic amines is 2. The normalized spacial score (nSPS) is 23.3. The van der Waals surface area contributed by atoms with Gasteiger partial charge in [0.05, 0.1) is 12.0 Å². The van der Waals surface area contributed by atoms with Crippen LogP contribution in [-0.2, 0) is 11.2 Å². The largest absolute Gasteiger partial charge is 0.388 e. The van der Waals surface area contributed by atoms with Crippen LogP contribution in [0.15, 0.2) is 15.7 Å². The number of carbonyl (C=O) groups excluding carboxylic acids is 1. The fourth-order valence-electron chi connectivity index (χ4n) is 2.05. The van der Waals surface area contributed by atoms with Gasteiger partial charge < -0.3 is 15.0 Å². The molecule has 7 nitrogen and oxygen atoms in total. The summed E-state index contributed by atoms with van der Waals surface area (Å²) in [5.74, 6) is -0.214. The quantitative estimate of drug-likeness (QED) is 0.602. The molecule has 18 heavy (non-hydrogen) atoms. The van der Waals surface area contributed by atoms with Crippen LogP contribution in [0.1, 0.15) is 19.0 Å². The van der Waals surface area contributed by atoms with Crippen LogP contribution in [0.25, 0.3) is 0 Å². The van der Waals surface area contributed by atoms with Crippen LogP contribution < -0.4 is 11.2 Å². The fourth-order valence-corrected chi connectivity index (χ4v) is 2.05. The van der Waals surface area contributed by atoms with Crippen molar-refractivity contribution in [3.8, 4) is 0 Å². The Bertz CT molecular complexity index is 544. The molecule has 1 atom stereocenters. The van der Waals surface area contributed by atoms with Crippen LogP contribution in [0.3, 0.4) is 0 Å². The molecule has 0 bridgehead atoms. The van der Waals surface area contributed by atoms with Crippen molar-refractivity contribution in [2.75, 3.05) is 13.1 Å². The highest BCUT2D eigenvalue weighted by Gasteiger charge is 2.33. The Morgan fingerprint density at radius 3 is 2.78 bits per heavy atom. The van der Waals surface area contributed by atoms with E-state index < -0.39 is 16.9 Å². The number of aromatic nitrogens is 2. The first-order chi connectivity index (χ1) is 8.35. The second-order valence-electron chi connectivity index (χ2n) is 4.85. The molecule has 1 unspecified atom stereocenters. The van der Waals surface area contributed by atoms with Gasteiger partial charge in [0.1, 0.15) is 0 Å². The van der Waals surface area contributed by atoms with Crippen molar-refractivity contribution in [2.45, 2.75) is 25.4 Å². The van der Waals surface area contributed by atoms with Gasteiger partial charge in [0.15, 0.2) is 0 Å². The molecule has 1 amide bonds. The van der Waals surface area contributed by atoms with Gasteiger partial charge in [-0.05, 0) is 13.3 Å². The minimum Gasteiger partial charge on any atom is -0.388 e. The zero-order valence-electron chi connectivity index (χ0n) is 10.0. The number of likely N-dealkylation sites (tertiary alicyclic amines) is 1. The first-order valence-electron chi connectivity index (χ1n) is 5.68. The van der Waals surface area contributed by atoms with E-state index in [1.165, 1.54) is 11.0 Å². The maximum absolute atomic E-state index is 11.9. The van der Waals surface area contributed by atoms with Crippen LogP contribution in [0.5, 0.6) is 0 Å². The van der Waals surface area contributed by atoms with Gasteiger partial charge in [0.2, 0.25) is 5.91 Å². The standard InChI is InChI=1S/C11H15N3O4/c1-11(18)2-3-14(6-11)9(16)5-7-4-8(15)13-10(17)12-7/h4,18H,2-3,5-6H2,1H3,(H2,12,13,15,17). The molecule has 3 N–H and O–H groups in total. The molecule has 0 spiro atoms. The van der Waals surface area contributed by atoms with E-state index in [1.807, 2.05) is 4.98 Å². The summed E-state index contributed by atoms with van der Waals surface area (Å²) in [7, 11) is 0. The van der Waals surface area contributed by atoms with E-state index in [-0.39, 0.29) is 24.6 Å². The van der Waals surface area contributed by atoms with Crippen molar-refractivity contribution in [1.29, 1.82) is 0 Å². The molecule has 98 valence electrons. The van der Waals surface area contributed by atoms with Crippen molar-refractivity contribution in [2.24, 2.45) is 0 Å². The summed E-state index contributed by atoms with van der Waals surface area (Å²) in [4.78, 5) is 40.0. The number of amides is 1. The second kappa shape index (κ2) is 4.41. The Labute approximate surface area is 102 Å². The first kappa shape index (κ1) is 12.6. The van der Waals surface area contributed by atoms with Crippen LogP contribution in [0, 0.1) is 0 Å². The second-order valence-corrected chi connectivity index (χ2v) is 4.85. The van der Waals surface area contributed by atoms with Crippen molar-refractivity contribution >= 4 is 5.91 Å². The Balaban J connectivity index is 2.08. The van der Waals surface area contributed by atoms with Gasteiger partial charge in [-0.3, -0.25) is 14.6 Å². The van der Waals surface area contributed by atoms with Crippen LogP contribution in [0.2, 0.25) is 0 Å². The molecule has 1 aliphatic heterocycles. The van der Waals surface area contributed by atoms with Crippen molar-refractivity contribution < 1.29 is 9.90 Å². The van der Waals surface area contributed by atoms with Crippen LogP contribution in [0.4, 0.5) is 0 Å². The minimum atomic E-state index is -0.850. The highest BCUT2D eigenvalue weighted by molar-refractivity contribution is 5.78. The fraction of sp³-hybridized carbons (Fsp3) is 0.545. The molecule has 0 aliphatic carbocycles. The number of carbonyl (C=O) groups is 1. The molecule has 1 fully saturated rings. The molecule has 2 heterocycles. The van der Waals surface area contributed by atoms with E-state index in [2.05, 4.69) is 4.98 Å². The summed E-state index contributed by atoms with van der Waals surface area (Å²) in [6.07, 6.45) is 0.486. The smallest absolute Gasteiger partial charge is 0.325 e. The summed E-state index contributed by atoms with van der Waals surface area (Å²) >= 11 is 0. The number of β-amino-alcohol motifs (C(OH)–C–C–N with tert-alkyl or cyclic N) is 1. The van der Waals surface area contributed by atoms with E-state index in [1.54, 1.807) is 6.92 Å². The van der Waals surface area contributed by atoms with Gasteiger partial charge in [-0.1, -0.05) is 0 Å². The number of aliphatic hydroxyl groups is 1. The van der Waals surface area contributed by atoms with Gasteiger partial charge in [-0.2, -0.15) is 0 Å². The molecule has 0 saturated carbocycles. The lowest BCUT2D eigenvalue weighted by atomic mass is 10.1. The van der Waals surface area contributed by atoms with E-state index in [9.17, 15) is 19.5 Å². The third kappa shape index (κ3) is 2.86. The Morgan fingerprint density at radius 2 is 2.22 bits per heavy atom. The van der Waals surface area contributed by atoms with Crippen molar-refractivity contribution in [3.63, 3.8) is 0 Å². The topological polar surface area (TPSA) is 106 Å². The predicted molar refractivity (Wildman–Crippen MR) is 63.2 cm³/mol. The van der Waals surface area contributed by atoms with Gasteiger partial charge in [-0.25, -0.2) is 4.79 Å². The van der Waals surface area contributed by atoms with Crippen molar-refractivity contribution in [3.05, 3.63) is 32.6 Å². The molecule has 0 aromatic carbocycles. The Hall–Kier alpha value is -1.89. The number of nitrogens with zero attached hydrogens (tertiary/aromatic N) is 1. The average molecular weight is 253 g/mol. The number of nitrogens with one attached hydrogen (secondary N) is 2. The summed E-state index contributed by atoms with van der Waals surface area (Å²) in [5, 5.41) is 9.76. The molecular formula is C11H15N3O4. The molecule has 1 aromatic rings. The first-order valence-corrected chi connectivity index (χ1v) is 5.68. The third-order valence-corrected chi connectivity index (χ3v) is 2.96. The summed E-state index contributed by atoms with van der Waals surface area (Å²) < 4.78 is 0. The number of H-pyrrole nitrogens is 2. The van der Waals surface area contributed by atoms with E-state index in [0.717, 1.165) is 0 Å². The molecule has 0 radical (unpaired) electrons. The number of hydrogen-bond donors (Lipinski definition) is 3. The highest BCUT2D eigenvalue weighted by atomic mass is 16.3. The maximum atomic E-state index is 11.9. The van der Waals surface area contributed by atoms with Crippen molar-refractivity contribution in [1.82, 2.24) is 14.9 Å². The van der Waals surface area contributed by atoms with Crippen LogP contribution >= 0.6 is 0 Å². The summed E-state index contributed by atoms with van der Waals surface area (Å²) in [6, 6.07) is 1.19. The van der Waals surface area contributed by atoms with Gasteiger partial charge in [0.25, 0.3) is 5.56 Å². The molecule has 7 heteroatoms. The SMILES string of the molecule is CC1(O)CCN(C(=O)Cc2cc(=O)[nH]c(=O)[nH]2)C1. The molecule has 1 aliphatic rings. The number of rotatable bonds is 2. The lowest BCUT2D eigenvalue weighted by molar-refractivity contribution is -0.130.